The molecule has 1 atom stereocenters. The fourth-order valence-electron chi connectivity index (χ4n) is 4.58. The van der Waals surface area contributed by atoms with Gasteiger partial charge in [-0.1, -0.05) is 60.2 Å². The van der Waals surface area contributed by atoms with E-state index in [4.69, 9.17) is 4.74 Å². The van der Waals surface area contributed by atoms with Gasteiger partial charge in [0.05, 0.1) is 6.61 Å². The van der Waals surface area contributed by atoms with Crippen LogP contribution in [0.2, 0.25) is 0 Å². The molecular formula is C31H31F3O. The van der Waals surface area contributed by atoms with Crippen LogP contribution < -0.4 is 4.74 Å². The van der Waals surface area contributed by atoms with Crippen LogP contribution in [-0.4, -0.2) is 6.61 Å². The molecule has 3 aromatic carbocycles. The quantitative estimate of drug-likeness (QED) is 0.221. The summed E-state index contributed by atoms with van der Waals surface area (Å²) >= 11 is 0. The molecule has 0 heterocycles. The van der Waals surface area contributed by atoms with Crippen LogP contribution in [-0.2, 0) is 6.42 Å². The van der Waals surface area contributed by atoms with Crippen LogP contribution in [0.1, 0.15) is 48.8 Å². The van der Waals surface area contributed by atoms with Crippen molar-refractivity contribution in [3.63, 3.8) is 0 Å². The van der Waals surface area contributed by atoms with E-state index in [1.807, 2.05) is 37.3 Å². The van der Waals surface area contributed by atoms with Gasteiger partial charge in [-0.25, -0.2) is 13.2 Å². The van der Waals surface area contributed by atoms with Crippen molar-refractivity contribution in [2.75, 3.05) is 6.61 Å². The van der Waals surface area contributed by atoms with Crippen LogP contribution in [0.15, 0.2) is 73.3 Å². The van der Waals surface area contributed by atoms with Crippen LogP contribution in [0.25, 0.3) is 16.7 Å². The van der Waals surface area contributed by atoms with Crippen molar-refractivity contribution in [3.8, 4) is 16.9 Å². The van der Waals surface area contributed by atoms with Gasteiger partial charge in [0.15, 0.2) is 23.2 Å². The van der Waals surface area contributed by atoms with Crippen molar-refractivity contribution in [2.24, 2.45) is 5.92 Å². The average molecular weight is 477 g/mol. The molecule has 0 radical (unpaired) electrons. The molecule has 0 saturated heterocycles. The molecule has 0 N–H and O–H groups in total. The van der Waals surface area contributed by atoms with Crippen molar-refractivity contribution < 1.29 is 17.9 Å². The first-order chi connectivity index (χ1) is 17.0. The number of hydrogen-bond donors (Lipinski definition) is 0. The third-order valence-corrected chi connectivity index (χ3v) is 6.75. The lowest BCUT2D eigenvalue weighted by Gasteiger charge is -2.22. The molecule has 1 unspecified atom stereocenters. The minimum Gasteiger partial charge on any atom is -0.490 e. The molecule has 0 bridgehead atoms. The number of rotatable bonds is 9. The fourth-order valence-corrected chi connectivity index (χ4v) is 4.58. The van der Waals surface area contributed by atoms with Crippen LogP contribution in [0.5, 0.6) is 5.75 Å². The summed E-state index contributed by atoms with van der Waals surface area (Å²) < 4.78 is 49.4. The Bertz CT molecular complexity index is 1210. The molecule has 0 aromatic heterocycles. The molecule has 0 spiro atoms. The van der Waals surface area contributed by atoms with Crippen molar-refractivity contribution in [2.45, 2.75) is 45.4 Å². The molecule has 0 aliphatic heterocycles. The van der Waals surface area contributed by atoms with E-state index in [-0.39, 0.29) is 11.6 Å². The minimum absolute atomic E-state index is 0.257. The van der Waals surface area contributed by atoms with Gasteiger partial charge in [-0.2, -0.15) is 0 Å². The van der Waals surface area contributed by atoms with E-state index in [1.54, 1.807) is 24.3 Å². The summed E-state index contributed by atoms with van der Waals surface area (Å²) in [5, 5.41) is 0. The molecule has 35 heavy (non-hydrogen) atoms. The number of benzene rings is 3. The van der Waals surface area contributed by atoms with Crippen LogP contribution in [0, 0.1) is 30.3 Å². The number of aryl methyl sites for hydroxylation is 2. The Morgan fingerprint density at radius 1 is 0.971 bits per heavy atom. The Labute approximate surface area is 206 Å². The zero-order chi connectivity index (χ0) is 24.8. The average Bonchev–Trinajstić information content (AvgIpc) is 2.87. The third-order valence-electron chi connectivity index (χ3n) is 6.75. The Balaban J connectivity index is 1.35. The maximum absolute atomic E-state index is 14.8. The Morgan fingerprint density at radius 3 is 2.43 bits per heavy atom. The molecule has 4 heteroatoms. The topological polar surface area (TPSA) is 9.23 Å². The number of allylic oxidation sites excluding steroid dienone is 2. The largest absolute Gasteiger partial charge is 0.490 e. The van der Waals surface area contributed by atoms with E-state index in [0.717, 1.165) is 42.4 Å². The van der Waals surface area contributed by atoms with Gasteiger partial charge in [-0.3, -0.25) is 0 Å². The van der Waals surface area contributed by atoms with Crippen molar-refractivity contribution >= 4 is 5.57 Å². The highest BCUT2D eigenvalue weighted by molar-refractivity contribution is 5.67. The lowest BCUT2D eigenvalue weighted by molar-refractivity contribution is 0.308. The van der Waals surface area contributed by atoms with E-state index in [2.05, 4.69) is 12.7 Å². The van der Waals surface area contributed by atoms with Crippen molar-refractivity contribution in [3.05, 3.63) is 107 Å². The Morgan fingerprint density at radius 2 is 1.74 bits per heavy atom. The van der Waals surface area contributed by atoms with Gasteiger partial charge >= 0.3 is 0 Å². The van der Waals surface area contributed by atoms with E-state index in [0.29, 0.717) is 42.1 Å². The number of halogens is 3. The van der Waals surface area contributed by atoms with Crippen LogP contribution >= 0.6 is 0 Å². The SMILES string of the molecule is C=CCCOc1ccc(C2=CCC(CCc3ccc(-c4ccc(C)cc4)c(F)c3F)CC2)cc1F. The van der Waals surface area contributed by atoms with E-state index >= 15 is 0 Å². The van der Waals surface area contributed by atoms with Gasteiger partial charge in [0.1, 0.15) is 0 Å². The molecular weight excluding hydrogens is 445 g/mol. The molecule has 1 nitrogen and oxygen atoms in total. The van der Waals surface area contributed by atoms with Gasteiger partial charge in [-0.05, 0) is 85.8 Å². The Kier molecular flexibility index (Phi) is 8.12. The molecule has 0 saturated carbocycles. The van der Waals surface area contributed by atoms with Gasteiger partial charge in [0.2, 0.25) is 0 Å². The molecule has 0 fully saturated rings. The second kappa shape index (κ2) is 11.4. The second-order valence-electron chi connectivity index (χ2n) is 9.25. The molecule has 1 aliphatic carbocycles. The zero-order valence-electron chi connectivity index (χ0n) is 20.1. The van der Waals surface area contributed by atoms with E-state index in [1.165, 1.54) is 6.07 Å². The van der Waals surface area contributed by atoms with Gasteiger partial charge in [-0.15, -0.1) is 6.58 Å². The molecule has 1 aliphatic rings. The molecule has 182 valence electrons. The van der Waals surface area contributed by atoms with Gasteiger partial charge < -0.3 is 4.74 Å². The second-order valence-corrected chi connectivity index (χ2v) is 9.25. The first kappa shape index (κ1) is 24.8. The predicted molar refractivity (Wildman–Crippen MR) is 137 cm³/mol. The predicted octanol–water partition coefficient (Wildman–Crippen LogP) is 8.85. The highest BCUT2D eigenvalue weighted by atomic mass is 19.2. The fraction of sp³-hybridized carbons (Fsp3) is 0.290. The normalized spacial score (nSPS) is 15.5. The summed E-state index contributed by atoms with van der Waals surface area (Å²) in [4.78, 5) is 0. The highest BCUT2D eigenvalue weighted by Crippen LogP contribution is 2.35. The lowest BCUT2D eigenvalue weighted by Crippen LogP contribution is -2.08. The summed E-state index contributed by atoms with van der Waals surface area (Å²) in [6, 6.07) is 15.9. The summed E-state index contributed by atoms with van der Waals surface area (Å²) in [5.74, 6) is -1.24. The van der Waals surface area contributed by atoms with Crippen LogP contribution in [0.4, 0.5) is 13.2 Å². The highest BCUT2D eigenvalue weighted by Gasteiger charge is 2.19. The van der Waals surface area contributed by atoms with Gasteiger partial charge in [0, 0.05) is 5.56 Å². The smallest absolute Gasteiger partial charge is 0.166 e. The number of hydrogen-bond acceptors (Lipinski definition) is 1. The maximum atomic E-state index is 14.8. The molecule has 3 aromatic rings. The zero-order valence-corrected chi connectivity index (χ0v) is 20.1. The minimum atomic E-state index is -0.781. The van der Waals surface area contributed by atoms with Crippen molar-refractivity contribution in [1.29, 1.82) is 0 Å². The summed E-state index contributed by atoms with van der Waals surface area (Å²) in [6.07, 6.45) is 8.46. The summed E-state index contributed by atoms with van der Waals surface area (Å²) in [5.41, 5.74) is 4.46. The molecule has 4 rings (SSSR count). The monoisotopic (exact) mass is 476 g/mol. The maximum Gasteiger partial charge on any atom is 0.166 e. The van der Waals surface area contributed by atoms with Gasteiger partial charge in [0.25, 0.3) is 0 Å². The summed E-state index contributed by atoms with van der Waals surface area (Å²) in [6.45, 7) is 6.00. The van der Waals surface area contributed by atoms with E-state index < -0.39 is 11.6 Å². The first-order valence-corrected chi connectivity index (χ1v) is 12.2. The summed E-state index contributed by atoms with van der Waals surface area (Å²) in [7, 11) is 0. The number of ether oxygens (including phenoxy) is 1. The Hall–Kier alpha value is -3.27. The van der Waals surface area contributed by atoms with Crippen LogP contribution in [0.3, 0.4) is 0 Å². The first-order valence-electron chi connectivity index (χ1n) is 12.2. The standard InChI is InChI=1S/C31H31F3O/c1-3-4-19-35-29-18-16-26(20-28(29)32)23-12-7-22(8-13-23)9-14-25-15-17-27(31(34)30(25)33)24-10-5-21(2)6-11-24/h3,5-6,10-12,15-18,20,22H,1,4,7-9,13-14,19H2,2H3. The van der Waals surface area contributed by atoms with Crippen molar-refractivity contribution in [1.82, 2.24) is 0 Å². The third kappa shape index (κ3) is 6.05. The van der Waals surface area contributed by atoms with E-state index in [9.17, 15) is 13.2 Å². The lowest BCUT2D eigenvalue weighted by atomic mass is 9.83. The molecule has 0 amide bonds.